The van der Waals surface area contributed by atoms with Crippen LogP contribution in [0.2, 0.25) is 0 Å². The maximum atomic E-state index is 14.5. The van der Waals surface area contributed by atoms with Gasteiger partial charge in [0.15, 0.2) is 5.69 Å². The highest BCUT2D eigenvalue weighted by molar-refractivity contribution is 5.94. The predicted molar refractivity (Wildman–Crippen MR) is 106 cm³/mol. The quantitative estimate of drug-likeness (QED) is 0.873. The normalized spacial score (nSPS) is 16.7. The minimum Gasteiger partial charge on any atom is -0.337 e. The Labute approximate surface area is 165 Å². The van der Waals surface area contributed by atoms with E-state index in [4.69, 9.17) is 0 Å². The number of piperidine rings is 1. The van der Waals surface area contributed by atoms with E-state index >= 15 is 0 Å². The zero-order chi connectivity index (χ0) is 18.3. The Hall–Kier alpha value is -1.92. The zero-order valence-electron chi connectivity index (χ0n) is 15.8. The number of halogens is 2. The van der Waals surface area contributed by atoms with Gasteiger partial charge >= 0.3 is 0 Å². The van der Waals surface area contributed by atoms with Crippen molar-refractivity contribution in [3.05, 3.63) is 46.5 Å². The molecule has 1 amide bonds. The molecule has 146 valence electrons. The van der Waals surface area contributed by atoms with Crippen LogP contribution in [0, 0.1) is 12.7 Å². The van der Waals surface area contributed by atoms with Crippen LogP contribution in [0.3, 0.4) is 0 Å². The highest BCUT2D eigenvalue weighted by Gasteiger charge is 2.31. The Morgan fingerprint density at radius 2 is 2.04 bits per heavy atom. The van der Waals surface area contributed by atoms with Gasteiger partial charge in [0.25, 0.3) is 5.91 Å². The molecule has 1 saturated heterocycles. The first kappa shape index (κ1) is 19.8. The number of hydrogen-bond donors (Lipinski definition) is 1. The molecule has 4 rings (SSSR count). The summed E-state index contributed by atoms with van der Waals surface area (Å²) in [5.41, 5.74) is 3.78. The number of nitrogens with zero attached hydrogens (tertiary/aromatic N) is 3. The van der Waals surface area contributed by atoms with Crippen molar-refractivity contribution in [2.24, 2.45) is 0 Å². The van der Waals surface area contributed by atoms with Crippen molar-refractivity contribution in [1.29, 1.82) is 0 Å². The van der Waals surface area contributed by atoms with E-state index in [2.05, 4.69) is 10.4 Å². The zero-order valence-corrected chi connectivity index (χ0v) is 16.6. The second-order valence-electron chi connectivity index (χ2n) is 7.39. The molecule has 1 aliphatic heterocycles. The number of hydrogen-bond acceptors (Lipinski definition) is 3. The number of benzene rings is 1. The number of carbonyl (C=O) groups excluding carboxylic acids is 1. The summed E-state index contributed by atoms with van der Waals surface area (Å²) in [6, 6.07) is 5.38. The molecule has 0 bridgehead atoms. The Bertz CT molecular complexity index is 845. The molecule has 27 heavy (non-hydrogen) atoms. The standard InChI is InChI=1S/C20H25FN4O.ClH/c1-13-6-7-18(16(21)12-13)25-17-5-3-4-15(17)19(23-25)20(26)24(2)14-8-10-22-11-9-14;/h6-7,12,14,22H,3-5,8-11H2,1-2H3;1H. The molecule has 2 heterocycles. The predicted octanol–water partition coefficient (Wildman–Crippen LogP) is 3.05. The van der Waals surface area contributed by atoms with Crippen molar-refractivity contribution in [2.45, 2.75) is 45.1 Å². The molecule has 1 fully saturated rings. The van der Waals surface area contributed by atoms with E-state index in [1.807, 2.05) is 24.9 Å². The lowest BCUT2D eigenvalue weighted by atomic mass is 10.0. The first-order chi connectivity index (χ1) is 12.6. The molecule has 2 aliphatic rings. The van der Waals surface area contributed by atoms with E-state index in [-0.39, 0.29) is 30.2 Å². The largest absolute Gasteiger partial charge is 0.337 e. The fourth-order valence-corrected chi connectivity index (χ4v) is 4.12. The third-order valence-electron chi connectivity index (χ3n) is 5.64. The number of nitrogens with one attached hydrogen (secondary N) is 1. The van der Waals surface area contributed by atoms with Crippen LogP contribution in [0.1, 0.15) is 46.6 Å². The Balaban J connectivity index is 0.00000210. The SMILES string of the molecule is Cc1ccc(-n2nc(C(=O)N(C)C3CCNCC3)c3c2CCC3)c(F)c1.Cl. The van der Waals surface area contributed by atoms with Crippen molar-refractivity contribution >= 4 is 18.3 Å². The monoisotopic (exact) mass is 392 g/mol. The molecule has 1 aliphatic carbocycles. The van der Waals surface area contributed by atoms with Crippen molar-refractivity contribution in [3.8, 4) is 5.69 Å². The molecular formula is C20H26ClFN4O. The van der Waals surface area contributed by atoms with Crippen LogP contribution in [0.4, 0.5) is 4.39 Å². The van der Waals surface area contributed by atoms with Gasteiger partial charge in [0, 0.05) is 24.3 Å². The summed E-state index contributed by atoms with van der Waals surface area (Å²) in [4.78, 5) is 15.0. The van der Waals surface area contributed by atoms with Crippen molar-refractivity contribution in [3.63, 3.8) is 0 Å². The summed E-state index contributed by atoms with van der Waals surface area (Å²) < 4.78 is 16.2. The van der Waals surface area contributed by atoms with Crippen molar-refractivity contribution in [2.75, 3.05) is 20.1 Å². The molecule has 5 nitrogen and oxygen atoms in total. The molecular weight excluding hydrogens is 367 g/mol. The maximum absolute atomic E-state index is 14.5. The maximum Gasteiger partial charge on any atom is 0.274 e. The average Bonchev–Trinajstić information content (AvgIpc) is 3.24. The van der Waals surface area contributed by atoms with E-state index in [1.54, 1.807) is 10.7 Å². The van der Waals surface area contributed by atoms with Gasteiger partial charge in [0.2, 0.25) is 0 Å². The highest BCUT2D eigenvalue weighted by Crippen LogP contribution is 2.30. The Morgan fingerprint density at radius 3 is 2.74 bits per heavy atom. The van der Waals surface area contributed by atoms with Gasteiger partial charge in [-0.25, -0.2) is 9.07 Å². The lowest BCUT2D eigenvalue weighted by Crippen LogP contribution is -2.44. The fourth-order valence-electron chi connectivity index (χ4n) is 4.12. The summed E-state index contributed by atoms with van der Waals surface area (Å²) in [5, 5.41) is 7.91. The molecule has 0 atom stereocenters. The molecule has 2 aromatic rings. The summed E-state index contributed by atoms with van der Waals surface area (Å²) in [6.45, 7) is 3.73. The van der Waals surface area contributed by atoms with Crippen LogP contribution in [0.25, 0.3) is 5.69 Å². The molecule has 1 N–H and O–H groups in total. The summed E-state index contributed by atoms with van der Waals surface area (Å²) in [6.07, 6.45) is 4.57. The van der Waals surface area contributed by atoms with E-state index in [1.165, 1.54) is 6.07 Å². The summed E-state index contributed by atoms with van der Waals surface area (Å²) in [5.74, 6) is -0.339. The molecule has 1 aromatic carbocycles. The number of rotatable bonds is 3. The summed E-state index contributed by atoms with van der Waals surface area (Å²) >= 11 is 0. The van der Waals surface area contributed by atoms with Crippen LogP contribution in [-0.4, -0.2) is 46.8 Å². The third kappa shape index (κ3) is 3.60. The van der Waals surface area contributed by atoms with Crippen LogP contribution in [0.5, 0.6) is 0 Å². The van der Waals surface area contributed by atoms with Gasteiger partial charge in [-0.05, 0) is 69.8 Å². The number of fused-ring (bicyclic) bond motifs is 1. The van der Waals surface area contributed by atoms with Gasteiger partial charge in [0.05, 0.1) is 0 Å². The van der Waals surface area contributed by atoms with Gasteiger partial charge < -0.3 is 10.2 Å². The van der Waals surface area contributed by atoms with Gasteiger partial charge in [-0.2, -0.15) is 5.10 Å². The molecule has 7 heteroatoms. The van der Waals surface area contributed by atoms with E-state index in [0.29, 0.717) is 11.4 Å². The topological polar surface area (TPSA) is 50.2 Å². The second kappa shape index (κ2) is 7.98. The number of aryl methyl sites for hydroxylation is 1. The number of carbonyl (C=O) groups is 1. The van der Waals surface area contributed by atoms with Gasteiger partial charge in [-0.15, -0.1) is 12.4 Å². The molecule has 1 aromatic heterocycles. The molecule has 0 unspecified atom stereocenters. The van der Waals surface area contributed by atoms with Crippen LogP contribution in [-0.2, 0) is 12.8 Å². The molecule has 0 radical (unpaired) electrons. The Kier molecular flexibility index (Phi) is 5.86. The van der Waals surface area contributed by atoms with E-state index in [0.717, 1.165) is 62.0 Å². The van der Waals surface area contributed by atoms with Crippen molar-refractivity contribution < 1.29 is 9.18 Å². The molecule has 0 saturated carbocycles. The lowest BCUT2D eigenvalue weighted by molar-refractivity contribution is 0.0695. The van der Waals surface area contributed by atoms with E-state index < -0.39 is 0 Å². The first-order valence-corrected chi connectivity index (χ1v) is 9.41. The van der Waals surface area contributed by atoms with Gasteiger partial charge in [-0.3, -0.25) is 4.79 Å². The summed E-state index contributed by atoms with van der Waals surface area (Å²) in [7, 11) is 1.87. The third-order valence-corrected chi connectivity index (χ3v) is 5.64. The smallest absolute Gasteiger partial charge is 0.274 e. The van der Waals surface area contributed by atoms with Crippen LogP contribution < -0.4 is 5.32 Å². The highest BCUT2D eigenvalue weighted by atomic mass is 35.5. The minimum atomic E-state index is -0.298. The molecule has 0 spiro atoms. The van der Waals surface area contributed by atoms with Crippen LogP contribution >= 0.6 is 12.4 Å². The Morgan fingerprint density at radius 1 is 1.30 bits per heavy atom. The van der Waals surface area contributed by atoms with Crippen LogP contribution in [0.15, 0.2) is 18.2 Å². The lowest BCUT2D eigenvalue weighted by Gasteiger charge is -2.31. The fraction of sp³-hybridized carbons (Fsp3) is 0.500. The second-order valence-corrected chi connectivity index (χ2v) is 7.39. The number of amides is 1. The van der Waals surface area contributed by atoms with Gasteiger partial charge in [0.1, 0.15) is 11.5 Å². The average molecular weight is 393 g/mol. The van der Waals surface area contributed by atoms with Crippen molar-refractivity contribution in [1.82, 2.24) is 20.0 Å². The first-order valence-electron chi connectivity index (χ1n) is 9.41. The van der Waals surface area contributed by atoms with E-state index in [9.17, 15) is 9.18 Å². The minimum absolute atomic E-state index is 0. The number of aromatic nitrogens is 2. The van der Waals surface area contributed by atoms with Gasteiger partial charge in [-0.1, -0.05) is 6.07 Å².